The van der Waals surface area contributed by atoms with E-state index < -0.39 is 0 Å². The summed E-state index contributed by atoms with van der Waals surface area (Å²) in [6.45, 7) is 11.6. The molecule has 0 spiro atoms. The average Bonchev–Trinajstić information content (AvgIpc) is 2.25. The third kappa shape index (κ3) is 6.60. The van der Waals surface area contributed by atoms with Gasteiger partial charge in [-0.3, -0.25) is 4.79 Å². The number of hydrogen-bond acceptors (Lipinski definition) is 2. The molecule has 1 aliphatic heterocycles. The van der Waals surface area contributed by atoms with Crippen LogP contribution in [0.1, 0.15) is 47.0 Å². The Labute approximate surface area is 118 Å². The summed E-state index contributed by atoms with van der Waals surface area (Å²) in [5.74, 6) is 1.09. The Morgan fingerprint density at radius 2 is 2.11 bits per heavy atom. The molecule has 18 heavy (non-hydrogen) atoms. The van der Waals surface area contributed by atoms with E-state index in [1.807, 2.05) is 0 Å². The maximum Gasteiger partial charge on any atom is 0.224 e. The third-order valence-corrected chi connectivity index (χ3v) is 3.37. The lowest BCUT2D eigenvalue weighted by atomic mass is 9.84. The lowest BCUT2D eigenvalue weighted by Gasteiger charge is -2.29. The Morgan fingerprint density at radius 1 is 1.44 bits per heavy atom. The van der Waals surface area contributed by atoms with Gasteiger partial charge in [0.25, 0.3) is 0 Å². The topological polar surface area (TPSA) is 41.1 Å². The van der Waals surface area contributed by atoms with Gasteiger partial charge in [0.15, 0.2) is 0 Å². The molecule has 0 aromatic heterocycles. The Bertz CT molecular complexity index is 248. The highest BCUT2D eigenvalue weighted by Gasteiger charge is 2.24. The molecule has 0 saturated carbocycles. The number of hydrogen-bond donors (Lipinski definition) is 2. The van der Waals surface area contributed by atoms with Gasteiger partial charge in [0, 0.05) is 13.1 Å². The Morgan fingerprint density at radius 3 is 2.61 bits per heavy atom. The molecule has 1 unspecified atom stereocenters. The van der Waals surface area contributed by atoms with Gasteiger partial charge in [0.1, 0.15) is 0 Å². The molecule has 1 aliphatic rings. The molecule has 0 aliphatic carbocycles. The van der Waals surface area contributed by atoms with E-state index in [2.05, 4.69) is 38.3 Å². The third-order valence-electron chi connectivity index (χ3n) is 3.37. The lowest BCUT2D eigenvalue weighted by molar-refractivity contribution is -0.126. The van der Waals surface area contributed by atoms with Crippen LogP contribution in [0.5, 0.6) is 0 Å². The minimum atomic E-state index is 0. The van der Waals surface area contributed by atoms with Gasteiger partial charge in [0.2, 0.25) is 5.91 Å². The number of amides is 1. The number of piperidine rings is 1. The van der Waals surface area contributed by atoms with Gasteiger partial charge >= 0.3 is 0 Å². The second-order valence-corrected chi connectivity index (χ2v) is 6.52. The van der Waals surface area contributed by atoms with E-state index in [9.17, 15) is 4.79 Å². The van der Waals surface area contributed by atoms with Crippen LogP contribution in [0.4, 0.5) is 0 Å². The molecule has 108 valence electrons. The van der Waals surface area contributed by atoms with Crippen molar-refractivity contribution in [3.05, 3.63) is 0 Å². The van der Waals surface area contributed by atoms with Crippen molar-refractivity contribution in [2.45, 2.75) is 47.0 Å². The molecule has 0 radical (unpaired) electrons. The minimum Gasteiger partial charge on any atom is -0.355 e. The largest absolute Gasteiger partial charge is 0.355 e. The summed E-state index contributed by atoms with van der Waals surface area (Å²) in [5.41, 5.74) is 0.200. The fourth-order valence-corrected chi connectivity index (χ4v) is 2.72. The molecular weight excluding hydrogens is 248 g/mol. The van der Waals surface area contributed by atoms with Crippen LogP contribution < -0.4 is 10.6 Å². The quantitative estimate of drug-likeness (QED) is 0.810. The number of halogens is 1. The van der Waals surface area contributed by atoms with Gasteiger partial charge in [0.05, 0.1) is 5.92 Å². The first-order chi connectivity index (χ1) is 7.91. The highest BCUT2D eigenvalue weighted by atomic mass is 35.5. The summed E-state index contributed by atoms with van der Waals surface area (Å²) >= 11 is 0. The summed E-state index contributed by atoms with van der Waals surface area (Å²) in [5, 5.41) is 6.40. The molecule has 2 N–H and O–H groups in total. The zero-order valence-corrected chi connectivity index (χ0v) is 13.0. The van der Waals surface area contributed by atoms with Crippen LogP contribution in [0, 0.1) is 17.3 Å². The van der Waals surface area contributed by atoms with Crippen molar-refractivity contribution in [2.24, 2.45) is 17.3 Å². The normalized spacial score (nSPS) is 20.4. The van der Waals surface area contributed by atoms with E-state index >= 15 is 0 Å². The van der Waals surface area contributed by atoms with Crippen molar-refractivity contribution >= 4 is 18.3 Å². The smallest absolute Gasteiger partial charge is 0.224 e. The Balaban J connectivity index is 0.00000289. The summed E-state index contributed by atoms with van der Waals surface area (Å²) in [7, 11) is 0. The van der Waals surface area contributed by atoms with E-state index in [0.29, 0.717) is 5.92 Å². The SMILES string of the molecule is CC(C)CC(C)(C)CNC(=O)C1CCCNC1.Cl. The molecule has 1 amide bonds. The van der Waals surface area contributed by atoms with Gasteiger partial charge in [-0.2, -0.15) is 0 Å². The average molecular weight is 277 g/mol. The van der Waals surface area contributed by atoms with E-state index in [0.717, 1.165) is 38.9 Å². The van der Waals surface area contributed by atoms with E-state index in [4.69, 9.17) is 0 Å². The Hall–Kier alpha value is -0.280. The Kier molecular flexibility index (Phi) is 7.88. The monoisotopic (exact) mass is 276 g/mol. The zero-order valence-electron chi connectivity index (χ0n) is 12.2. The first-order valence-electron chi connectivity index (χ1n) is 6.89. The van der Waals surface area contributed by atoms with Crippen molar-refractivity contribution in [1.82, 2.24) is 10.6 Å². The molecular formula is C14H29ClN2O. The summed E-state index contributed by atoms with van der Waals surface area (Å²) in [6, 6.07) is 0. The molecule has 0 bridgehead atoms. The van der Waals surface area contributed by atoms with Crippen LogP contribution in [0.2, 0.25) is 0 Å². The summed E-state index contributed by atoms with van der Waals surface area (Å²) in [4.78, 5) is 12.0. The van der Waals surface area contributed by atoms with Crippen molar-refractivity contribution in [2.75, 3.05) is 19.6 Å². The summed E-state index contributed by atoms with van der Waals surface area (Å²) in [6.07, 6.45) is 3.30. The highest BCUT2D eigenvalue weighted by Crippen LogP contribution is 2.24. The fraction of sp³-hybridized carbons (Fsp3) is 0.929. The molecule has 3 nitrogen and oxygen atoms in total. The van der Waals surface area contributed by atoms with Gasteiger partial charge < -0.3 is 10.6 Å². The maximum absolute atomic E-state index is 12.0. The molecule has 1 atom stereocenters. The van der Waals surface area contributed by atoms with Gasteiger partial charge in [-0.05, 0) is 37.1 Å². The second kappa shape index (κ2) is 8.00. The van der Waals surface area contributed by atoms with Crippen molar-refractivity contribution in [3.63, 3.8) is 0 Å². The van der Waals surface area contributed by atoms with Crippen LogP contribution in [0.3, 0.4) is 0 Å². The summed E-state index contributed by atoms with van der Waals surface area (Å²) < 4.78 is 0. The fourth-order valence-electron chi connectivity index (χ4n) is 2.72. The van der Waals surface area contributed by atoms with E-state index in [1.54, 1.807) is 0 Å². The van der Waals surface area contributed by atoms with Gasteiger partial charge in [-0.1, -0.05) is 27.7 Å². The van der Waals surface area contributed by atoms with Gasteiger partial charge in [-0.15, -0.1) is 12.4 Å². The molecule has 0 aromatic carbocycles. The lowest BCUT2D eigenvalue weighted by Crippen LogP contribution is -2.43. The zero-order chi connectivity index (χ0) is 12.9. The predicted octanol–water partition coefficient (Wildman–Crippen LogP) is 2.60. The standard InChI is InChI=1S/C14H28N2O.ClH/c1-11(2)8-14(3,4)10-16-13(17)12-6-5-7-15-9-12;/h11-12,15H,5-10H2,1-4H3,(H,16,17);1H. The molecule has 1 rings (SSSR count). The highest BCUT2D eigenvalue weighted by molar-refractivity contribution is 5.85. The molecule has 4 heteroatoms. The van der Waals surface area contributed by atoms with Crippen LogP contribution in [-0.2, 0) is 4.79 Å². The first-order valence-corrected chi connectivity index (χ1v) is 6.89. The van der Waals surface area contributed by atoms with Crippen molar-refractivity contribution in [3.8, 4) is 0 Å². The molecule has 1 saturated heterocycles. The molecule has 0 aromatic rings. The van der Waals surface area contributed by atoms with Crippen molar-refractivity contribution < 1.29 is 4.79 Å². The minimum absolute atomic E-state index is 0. The number of rotatable bonds is 5. The van der Waals surface area contributed by atoms with Crippen LogP contribution >= 0.6 is 12.4 Å². The second-order valence-electron chi connectivity index (χ2n) is 6.52. The van der Waals surface area contributed by atoms with Crippen LogP contribution in [0.25, 0.3) is 0 Å². The maximum atomic E-state index is 12.0. The van der Waals surface area contributed by atoms with E-state index in [1.165, 1.54) is 0 Å². The van der Waals surface area contributed by atoms with Crippen molar-refractivity contribution in [1.29, 1.82) is 0 Å². The number of nitrogens with one attached hydrogen (secondary N) is 2. The van der Waals surface area contributed by atoms with E-state index in [-0.39, 0.29) is 29.6 Å². The molecule has 1 heterocycles. The number of carbonyl (C=O) groups is 1. The molecule has 1 fully saturated rings. The van der Waals surface area contributed by atoms with Gasteiger partial charge in [-0.25, -0.2) is 0 Å². The van der Waals surface area contributed by atoms with Crippen LogP contribution in [0.15, 0.2) is 0 Å². The van der Waals surface area contributed by atoms with Crippen LogP contribution in [-0.4, -0.2) is 25.5 Å². The predicted molar refractivity (Wildman–Crippen MR) is 79.1 cm³/mol. The number of carbonyl (C=O) groups excluding carboxylic acids is 1. The first kappa shape index (κ1) is 17.7.